The van der Waals surface area contributed by atoms with Crippen molar-refractivity contribution in [2.45, 2.75) is 4.90 Å². The minimum Gasteiger partial charge on any atom is -0.493 e. The highest BCUT2D eigenvalue weighted by atomic mass is 32.2. The lowest BCUT2D eigenvalue weighted by atomic mass is 10.2. The molecule has 0 aliphatic rings. The molecule has 2 aromatic carbocycles. The molecule has 0 saturated carbocycles. The number of carbonyl (C=O) groups excluding carboxylic acids is 1. The van der Waals surface area contributed by atoms with Gasteiger partial charge in [0.25, 0.3) is 0 Å². The second-order valence-electron chi connectivity index (χ2n) is 5.46. The Kier molecular flexibility index (Phi) is 6.91. The van der Waals surface area contributed by atoms with E-state index in [-0.39, 0.29) is 22.1 Å². The zero-order valence-corrected chi connectivity index (χ0v) is 16.6. The van der Waals surface area contributed by atoms with Crippen LogP contribution in [0.2, 0.25) is 0 Å². The molecule has 2 rings (SSSR count). The highest BCUT2D eigenvalue weighted by Gasteiger charge is 2.22. The molecule has 0 aromatic heterocycles. The van der Waals surface area contributed by atoms with Gasteiger partial charge in [0, 0.05) is 12.1 Å². The lowest BCUT2D eigenvalue weighted by Gasteiger charge is -2.12. The number of nitrogens with zero attached hydrogens (tertiary/aromatic N) is 1. The molecule has 0 heterocycles. The Morgan fingerprint density at radius 2 is 1.79 bits per heavy atom. The van der Waals surface area contributed by atoms with Gasteiger partial charge in [0.1, 0.15) is 0 Å². The van der Waals surface area contributed by atoms with Gasteiger partial charge in [0.2, 0.25) is 15.8 Å². The summed E-state index contributed by atoms with van der Waals surface area (Å²) in [6, 6.07) is 7.93. The van der Waals surface area contributed by atoms with Gasteiger partial charge in [0.15, 0.2) is 11.5 Å². The SMILES string of the molecule is CNS(=O)(=O)c1ccc(Oc2ccc(C=CC(=O)OC)cc2OC)c([N+](=O)[O-])c1. The average molecular weight is 422 g/mol. The number of methoxy groups -OCH3 is 2. The second kappa shape index (κ2) is 9.17. The van der Waals surface area contributed by atoms with E-state index in [9.17, 15) is 23.3 Å². The van der Waals surface area contributed by atoms with Gasteiger partial charge in [-0.2, -0.15) is 0 Å². The monoisotopic (exact) mass is 422 g/mol. The molecule has 0 aliphatic heterocycles. The van der Waals surface area contributed by atoms with Crippen LogP contribution >= 0.6 is 0 Å². The molecule has 0 atom stereocenters. The van der Waals surface area contributed by atoms with Gasteiger partial charge in [-0.05, 0) is 43.0 Å². The zero-order chi connectivity index (χ0) is 21.6. The molecule has 0 bridgehead atoms. The Morgan fingerprint density at radius 3 is 2.38 bits per heavy atom. The molecule has 0 saturated heterocycles. The summed E-state index contributed by atoms with van der Waals surface area (Å²) >= 11 is 0. The van der Waals surface area contributed by atoms with Crippen molar-refractivity contribution in [3.05, 3.63) is 58.2 Å². The summed E-state index contributed by atoms with van der Waals surface area (Å²) in [6.07, 6.45) is 2.72. The number of rotatable bonds is 8. The lowest BCUT2D eigenvalue weighted by molar-refractivity contribution is -0.385. The van der Waals surface area contributed by atoms with E-state index in [2.05, 4.69) is 9.46 Å². The lowest BCUT2D eigenvalue weighted by Crippen LogP contribution is -2.18. The summed E-state index contributed by atoms with van der Waals surface area (Å²) in [5.41, 5.74) is 0.0719. The Hall–Kier alpha value is -3.44. The predicted octanol–water partition coefficient (Wildman–Crippen LogP) is 2.49. The second-order valence-corrected chi connectivity index (χ2v) is 7.35. The number of sulfonamides is 1. The minimum absolute atomic E-state index is 0.162. The molecule has 29 heavy (non-hydrogen) atoms. The van der Waals surface area contributed by atoms with Gasteiger partial charge in [-0.1, -0.05) is 6.07 Å². The number of carbonyl (C=O) groups is 1. The maximum Gasteiger partial charge on any atom is 0.330 e. The smallest absolute Gasteiger partial charge is 0.330 e. The summed E-state index contributed by atoms with van der Waals surface area (Å²) in [4.78, 5) is 21.6. The number of nitro benzene ring substituents is 1. The fourth-order valence-corrected chi connectivity index (χ4v) is 2.98. The molecule has 0 amide bonds. The number of hydrogen-bond donors (Lipinski definition) is 1. The highest BCUT2D eigenvalue weighted by Crippen LogP contribution is 2.37. The van der Waals surface area contributed by atoms with Crippen molar-refractivity contribution in [1.29, 1.82) is 0 Å². The van der Waals surface area contributed by atoms with Crippen LogP contribution in [-0.2, 0) is 19.6 Å². The molecule has 1 N–H and O–H groups in total. The van der Waals surface area contributed by atoms with E-state index in [4.69, 9.17) is 9.47 Å². The van der Waals surface area contributed by atoms with Gasteiger partial charge in [-0.15, -0.1) is 0 Å². The third-order valence-corrected chi connectivity index (χ3v) is 5.14. The standard InChI is InChI=1S/C18H18N2O8S/c1-19-29(24,25)13-6-8-15(14(11-13)20(22)23)28-16-7-4-12(10-17(16)26-2)5-9-18(21)27-3/h4-11,19H,1-3H3. The van der Waals surface area contributed by atoms with Crippen molar-refractivity contribution < 1.29 is 32.3 Å². The van der Waals surface area contributed by atoms with E-state index < -0.39 is 26.6 Å². The van der Waals surface area contributed by atoms with Crippen molar-refractivity contribution >= 4 is 27.8 Å². The number of hydrogen-bond acceptors (Lipinski definition) is 8. The quantitative estimate of drug-likeness (QED) is 0.297. The van der Waals surface area contributed by atoms with Crippen molar-refractivity contribution in [3.63, 3.8) is 0 Å². The topological polar surface area (TPSA) is 134 Å². The fourth-order valence-electron chi connectivity index (χ4n) is 2.23. The molecular weight excluding hydrogens is 404 g/mol. The molecule has 0 unspecified atom stereocenters. The predicted molar refractivity (Wildman–Crippen MR) is 103 cm³/mol. The summed E-state index contributed by atoms with van der Waals surface area (Å²) in [7, 11) is -0.0208. The highest BCUT2D eigenvalue weighted by molar-refractivity contribution is 7.89. The molecule has 0 spiro atoms. The number of nitro groups is 1. The Morgan fingerprint density at radius 1 is 1.10 bits per heavy atom. The van der Waals surface area contributed by atoms with E-state index >= 15 is 0 Å². The van der Waals surface area contributed by atoms with Gasteiger partial charge < -0.3 is 14.2 Å². The van der Waals surface area contributed by atoms with Crippen LogP contribution in [0.1, 0.15) is 5.56 Å². The van der Waals surface area contributed by atoms with Gasteiger partial charge >= 0.3 is 11.7 Å². The molecule has 2 aromatic rings. The Labute approximate surface area is 166 Å². The summed E-state index contributed by atoms with van der Waals surface area (Å²) in [6.45, 7) is 0. The van der Waals surface area contributed by atoms with Crippen LogP contribution in [0.5, 0.6) is 17.2 Å². The molecule has 0 aliphatic carbocycles. The number of nitrogens with one attached hydrogen (secondary N) is 1. The molecule has 11 heteroatoms. The first-order chi connectivity index (χ1) is 13.7. The van der Waals surface area contributed by atoms with E-state index in [1.165, 1.54) is 51.6 Å². The summed E-state index contributed by atoms with van der Waals surface area (Å²) < 4.78 is 41.2. The van der Waals surface area contributed by atoms with Crippen LogP contribution in [0.25, 0.3) is 6.08 Å². The third-order valence-electron chi connectivity index (χ3n) is 3.73. The van der Waals surface area contributed by atoms with Crippen LogP contribution in [0.3, 0.4) is 0 Å². The third kappa shape index (κ3) is 5.30. The average Bonchev–Trinajstić information content (AvgIpc) is 2.72. The fraction of sp³-hybridized carbons (Fsp3) is 0.167. The summed E-state index contributed by atoms with van der Waals surface area (Å²) in [5.74, 6) is -0.286. The van der Waals surface area contributed by atoms with Gasteiger partial charge in [-0.25, -0.2) is 17.9 Å². The van der Waals surface area contributed by atoms with Crippen molar-refractivity contribution in [2.24, 2.45) is 0 Å². The van der Waals surface area contributed by atoms with Crippen LogP contribution < -0.4 is 14.2 Å². The van der Waals surface area contributed by atoms with E-state index in [1.54, 1.807) is 12.1 Å². The maximum atomic E-state index is 11.9. The summed E-state index contributed by atoms with van der Waals surface area (Å²) in [5, 5.41) is 11.4. The maximum absolute atomic E-state index is 11.9. The van der Waals surface area contributed by atoms with Crippen LogP contribution in [0, 0.1) is 10.1 Å². The van der Waals surface area contributed by atoms with Crippen LogP contribution in [0.4, 0.5) is 5.69 Å². The minimum atomic E-state index is -3.86. The van der Waals surface area contributed by atoms with Crippen molar-refractivity contribution in [3.8, 4) is 17.2 Å². The van der Waals surface area contributed by atoms with E-state index in [0.717, 1.165) is 6.07 Å². The Balaban J connectivity index is 2.41. The van der Waals surface area contributed by atoms with Crippen molar-refractivity contribution in [1.82, 2.24) is 4.72 Å². The normalized spacial score (nSPS) is 11.3. The van der Waals surface area contributed by atoms with E-state index in [1.807, 2.05) is 0 Å². The van der Waals surface area contributed by atoms with Crippen LogP contribution in [-0.4, -0.2) is 40.6 Å². The number of esters is 1. The zero-order valence-electron chi connectivity index (χ0n) is 15.7. The first-order valence-corrected chi connectivity index (χ1v) is 9.54. The number of ether oxygens (including phenoxy) is 3. The largest absolute Gasteiger partial charge is 0.493 e. The number of benzene rings is 2. The van der Waals surface area contributed by atoms with Crippen LogP contribution in [0.15, 0.2) is 47.4 Å². The molecular formula is C18H18N2O8S. The van der Waals surface area contributed by atoms with Gasteiger partial charge in [-0.3, -0.25) is 10.1 Å². The first-order valence-electron chi connectivity index (χ1n) is 8.05. The molecule has 10 nitrogen and oxygen atoms in total. The first kappa shape index (κ1) is 21.9. The van der Waals surface area contributed by atoms with E-state index in [0.29, 0.717) is 5.56 Å². The molecule has 154 valence electrons. The van der Waals surface area contributed by atoms with Crippen molar-refractivity contribution in [2.75, 3.05) is 21.3 Å². The Bertz CT molecular complexity index is 1060. The molecule has 0 radical (unpaired) electrons. The van der Waals surface area contributed by atoms with Gasteiger partial charge in [0.05, 0.1) is 24.0 Å². The molecule has 0 fully saturated rings.